The van der Waals surface area contributed by atoms with Gasteiger partial charge in [0, 0.05) is 11.6 Å². The minimum atomic E-state index is -1.25. The number of esters is 1. The topological polar surface area (TPSA) is 76.0 Å². The summed E-state index contributed by atoms with van der Waals surface area (Å²) in [6.45, 7) is 0. The van der Waals surface area contributed by atoms with Gasteiger partial charge in [0.2, 0.25) is 6.29 Å². The Bertz CT molecular complexity index is 518. The quantitative estimate of drug-likeness (QED) is 0.418. The Labute approximate surface area is 149 Å². The third-order valence-electron chi connectivity index (χ3n) is 5.68. The molecule has 5 heteroatoms. The molecule has 0 radical (unpaired) electrons. The van der Waals surface area contributed by atoms with Gasteiger partial charge in [0.25, 0.3) is 0 Å². The lowest BCUT2D eigenvalue weighted by Gasteiger charge is -2.29. The Morgan fingerprint density at radius 1 is 1.04 bits per heavy atom. The molecule has 2 aliphatic heterocycles. The number of ether oxygens (including phenoxy) is 2. The summed E-state index contributed by atoms with van der Waals surface area (Å²) in [5, 5.41) is 19.9. The van der Waals surface area contributed by atoms with Crippen molar-refractivity contribution in [1.29, 1.82) is 0 Å². The lowest BCUT2D eigenvalue weighted by Crippen LogP contribution is -2.32. The fraction of sp³-hybridized carbons (Fsp3) is 0.750. The highest BCUT2D eigenvalue weighted by Gasteiger charge is 2.34. The zero-order valence-electron chi connectivity index (χ0n) is 14.9. The van der Waals surface area contributed by atoms with Crippen LogP contribution in [0, 0.1) is 5.92 Å². The molecule has 0 saturated heterocycles. The molecule has 0 bridgehead atoms. The van der Waals surface area contributed by atoms with Crippen LogP contribution < -0.4 is 0 Å². The maximum absolute atomic E-state index is 11.2. The summed E-state index contributed by atoms with van der Waals surface area (Å²) in [5.74, 6) is 0.377. The second kappa shape index (κ2) is 8.97. The normalized spacial score (nSPS) is 30.8. The van der Waals surface area contributed by atoms with E-state index in [1.54, 1.807) is 0 Å². The van der Waals surface area contributed by atoms with Crippen LogP contribution in [-0.4, -0.2) is 34.9 Å². The van der Waals surface area contributed by atoms with Crippen molar-refractivity contribution in [2.75, 3.05) is 0 Å². The monoisotopic (exact) mass is 350 g/mol. The molecule has 1 saturated carbocycles. The lowest BCUT2D eigenvalue weighted by atomic mass is 9.85. The van der Waals surface area contributed by atoms with E-state index in [0.29, 0.717) is 12.0 Å². The smallest absolute Gasteiger partial charge is 0.333 e. The van der Waals surface area contributed by atoms with Crippen molar-refractivity contribution in [2.24, 2.45) is 5.92 Å². The summed E-state index contributed by atoms with van der Waals surface area (Å²) in [6.07, 6.45) is 13.9. The predicted molar refractivity (Wildman–Crippen MR) is 93.4 cm³/mol. The van der Waals surface area contributed by atoms with Crippen molar-refractivity contribution in [2.45, 2.75) is 89.3 Å². The number of carbonyl (C=O) groups excluding carboxylic acids is 1. The van der Waals surface area contributed by atoms with E-state index >= 15 is 0 Å². The first-order valence-corrected chi connectivity index (χ1v) is 9.76. The van der Waals surface area contributed by atoms with Gasteiger partial charge in [0.05, 0.1) is 6.10 Å². The highest BCUT2D eigenvalue weighted by molar-refractivity contribution is 5.85. The van der Waals surface area contributed by atoms with Crippen LogP contribution in [0.2, 0.25) is 0 Å². The van der Waals surface area contributed by atoms with Gasteiger partial charge in [-0.2, -0.15) is 0 Å². The molecular weight excluding hydrogens is 320 g/mol. The summed E-state index contributed by atoms with van der Waals surface area (Å²) >= 11 is 0. The van der Waals surface area contributed by atoms with E-state index in [-0.39, 0.29) is 0 Å². The predicted octanol–water partition coefficient (Wildman–Crippen LogP) is 3.35. The summed E-state index contributed by atoms with van der Waals surface area (Å²) in [5.41, 5.74) is 1.31. The molecule has 140 valence electrons. The van der Waals surface area contributed by atoms with Gasteiger partial charge in [-0.15, -0.1) is 0 Å². The molecule has 25 heavy (non-hydrogen) atoms. The molecule has 3 atom stereocenters. The molecule has 0 amide bonds. The van der Waals surface area contributed by atoms with Crippen LogP contribution in [0.25, 0.3) is 0 Å². The molecule has 0 spiro atoms. The second-order valence-electron chi connectivity index (χ2n) is 7.53. The molecule has 3 aliphatic rings. The highest BCUT2D eigenvalue weighted by Crippen LogP contribution is 2.31. The maximum Gasteiger partial charge on any atom is 0.333 e. The molecule has 2 N–H and O–H groups in total. The van der Waals surface area contributed by atoms with Crippen LogP contribution in [0.15, 0.2) is 23.3 Å². The number of hydrogen-bond acceptors (Lipinski definition) is 5. The molecule has 3 rings (SSSR count). The van der Waals surface area contributed by atoms with Crippen molar-refractivity contribution >= 4 is 5.97 Å². The Kier molecular flexibility index (Phi) is 6.68. The third-order valence-corrected chi connectivity index (χ3v) is 5.68. The fourth-order valence-electron chi connectivity index (χ4n) is 4.18. The first-order chi connectivity index (χ1) is 12.1. The van der Waals surface area contributed by atoms with Crippen molar-refractivity contribution in [3.63, 3.8) is 0 Å². The zero-order valence-corrected chi connectivity index (χ0v) is 14.9. The van der Waals surface area contributed by atoms with Gasteiger partial charge in [-0.1, -0.05) is 57.4 Å². The van der Waals surface area contributed by atoms with E-state index in [9.17, 15) is 15.0 Å². The second-order valence-corrected chi connectivity index (χ2v) is 7.53. The van der Waals surface area contributed by atoms with E-state index in [2.05, 4.69) is 4.74 Å². The standard InChI is InChI=1S/C20H30O5/c21-18-13-16(20(23)25-18)17-12-11-15(19(22)24-17)10-6-2-5-9-14-7-3-1-4-8-14/h11,13-14,17,19-20,22-23H,1-10,12H2. The average Bonchev–Trinajstić information content (AvgIpc) is 2.95. The number of aliphatic hydroxyl groups excluding tert-OH is 2. The van der Waals surface area contributed by atoms with Gasteiger partial charge in [-0.05, 0) is 30.8 Å². The van der Waals surface area contributed by atoms with Crippen LogP contribution >= 0.6 is 0 Å². The molecule has 1 aliphatic carbocycles. The SMILES string of the molecule is O=C1C=C(C2CC=C(CCCCCC3CCCCC3)C(O)O2)C(O)O1. The molecular formula is C20H30O5. The Morgan fingerprint density at radius 2 is 1.84 bits per heavy atom. The highest BCUT2D eigenvalue weighted by atomic mass is 16.6. The molecule has 0 aromatic heterocycles. The Morgan fingerprint density at radius 3 is 2.52 bits per heavy atom. The largest absolute Gasteiger partial charge is 0.429 e. The van der Waals surface area contributed by atoms with Gasteiger partial charge < -0.3 is 19.7 Å². The molecule has 0 aromatic carbocycles. The van der Waals surface area contributed by atoms with Crippen molar-refractivity contribution < 1.29 is 24.5 Å². The van der Waals surface area contributed by atoms with Gasteiger partial charge in [0.15, 0.2) is 6.29 Å². The summed E-state index contributed by atoms with van der Waals surface area (Å²) in [6, 6.07) is 0. The fourth-order valence-corrected chi connectivity index (χ4v) is 4.18. The van der Waals surface area contributed by atoms with Gasteiger partial charge >= 0.3 is 5.97 Å². The summed E-state index contributed by atoms with van der Waals surface area (Å²) in [7, 11) is 0. The number of aliphatic hydroxyl groups is 2. The van der Waals surface area contributed by atoms with E-state index in [0.717, 1.165) is 24.3 Å². The van der Waals surface area contributed by atoms with Crippen molar-refractivity contribution in [1.82, 2.24) is 0 Å². The molecule has 3 unspecified atom stereocenters. The molecule has 1 fully saturated rings. The van der Waals surface area contributed by atoms with Crippen LogP contribution in [0.5, 0.6) is 0 Å². The lowest BCUT2D eigenvalue weighted by molar-refractivity contribution is -0.155. The molecule has 2 heterocycles. The number of cyclic esters (lactones) is 1. The number of rotatable bonds is 7. The summed E-state index contributed by atoms with van der Waals surface area (Å²) in [4.78, 5) is 11.2. The third kappa shape index (κ3) is 5.16. The first kappa shape index (κ1) is 18.6. The number of hydrogen-bond donors (Lipinski definition) is 2. The van der Waals surface area contributed by atoms with E-state index in [4.69, 9.17) is 4.74 Å². The maximum atomic E-state index is 11.2. The van der Waals surface area contributed by atoms with Crippen molar-refractivity contribution in [3.05, 3.63) is 23.3 Å². The number of unbranched alkanes of at least 4 members (excludes halogenated alkanes) is 2. The van der Waals surface area contributed by atoms with Crippen LogP contribution in [0.3, 0.4) is 0 Å². The minimum Gasteiger partial charge on any atom is -0.429 e. The Hall–Kier alpha value is -1.17. The summed E-state index contributed by atoms with van der Waals surface area (Å²) < 4.78 is 10.3. The average molecular weight is 350 g/mol. The molecule has 5 nitrogen and oxygen atoms in total. The van der Waals surface area contributed by atoms with Crippen LogP contribution in [0.1, 0.15) is 70.6 Å². The van der Waals surface area contributed by atoms with Gasteiger partial charge in [-0.3, -0.25) is 0 Å². The van der Waals surface area contributed by atoms with Crippen molar-refractivity contribution in [3.8, 4) is 0 Å². The minimum absolute atomic E-state index is 0.395. The van der Waals surface area contributed by atoms with E-state index in [1.165, 1.54) is 57.4 Å². The van der Waals surface area contributed by atoms with Crippen LogP contribution in [-0.2, 0) is 14.3 Å². The van der Waals surface area contributed by atoms with Crippen LogP contribution in [0.4, 0.5) is 0 Å². The van der Waals surface area contributed by atoms with Gasteiger partial charge in [-0.25, -0.2) is 4.79 Å². The first-order valence-electron chi connectivity index (χ1n) is 9.76. The number of carbonyl (C=O) groups is 1. The van der Waals surface area contributed by atoms with E-state index in [1.807, 2.05) is 6.08 Å². The molecule has 0 aromatic rings. The van der Waals surface area contributed by atoms with E-state index < -0.39 is 24.7 Å². The Balaban J connectivity index is 1.37. The van der Waals surface area contributed by atoms with Gasteiger partial charge in [0.1, 0.15) is 0 Å². The zero-order chi connectivity index (χ0) is 17.6.